The SMILES string of the molecule is CNc1ccc(CN2CCC(Nc3nc(C)cc(C)n3)CC2)cc1. The van der Waals surface area contributed by atoms with Gasteiger partial charge in [-0.2, -0.15) is 0 Å². The van der Waals surface area contributed by atoms with Gasteiger partial charge in [0, 0.05) is 49.8 Å². The monoisotopic (exact) mass is 325 g/mol. The first-order chi connectivity index (χ1) is 11.6. The fourth-order valence-electron chi connectivity index (χ4n) is 3.24. The zero-order chi connectivity index (χ0) is 16.9. The van der Waals surface area contributed by atoms with Crippen LogP contribution < -0.4 is 10.6 Å². The van der Waals surface area contributed by atoms with Gasteiger partial charge in [0.25, 0.3) is 0 Å². The number of aromatic nitrogens is 2. The third-order valence-electron chi connectivity index (χ3n) is 4.55. The van der Waals surface area contributed by atoms with Crippen molar-refractivity contribution < 1.29 is 0 Å². The van der Waals surface area contributed by atoms with Crippen molar-refractivity contribution in [3.05, 3.63) is 47.3 Å². The molecule has 1 aliphatic rings. The smallest absolute Gasteiger partial charge is 0.223 e. The summed E-state index contributed by atoms with van der Waals surface area (Å²) in [5.41, 5.74) is 4.58. The van der Waals surface area contributed by atoms with Crippen LogP contribution in [0.15, 0.2) is 30.3 Å². The zero-order valence-corrected chi connectivity index (χ0v) is 14.8. The van der Waals surface area contributed by atoms with Gasteiger partial charge in [-0.05, 0) is 50.5 Å². The average molecular weight is 325 g/mol. The third-order valence-corrected chi connectivity index (χ3v) is 4.55. The molecule has 1 saturated heterocycles. The lowest BCUT2D eigenvalue weighted by atomic mass is 10.0. The Morgan fingerprint density at radius 2 is 1.67 bits per heavy atom. The highest BCUT2D eigenvalue weighted by Crippen LogP contribution is 2.18. The van der Waals surface area contributed by atoms with E-state index < -0.39 is 0 Å². The van der Waals surface area contributed by atoms with E-state index in [0.29, 0.717) is 6.04 Å². The Balaban J connectivity index is 1.50. The van der Waals surface area contributed by atoms with Gasteiger partial charge in [0.2, 0.25) is 5.95 Å². The van der Waals surface area contributed by atoms with Gasteiger partial charge >= 0.3 is 0 Å². The summed E-state index contributed by atoms with van der Waals surface area (Å²) < 4.78 is 0. The summed E-state index contributed by atoms with van der Waals surface area (Å²) in [6.45, 7) is 7.27. The van der Waals surface area contributed by atoms with Crippen LogP contribution in [0.3, 0.4) is 0 Å². The maximum absolute atomic E-state index is 4.49. The molecule has 1 aliphatic heterocycles. The Morgan fingerprint density at radius 3 is 2.25 bits per heavy atom. The fraction of sp³-hybridized carbons (Fsp3) is 0.474. The average Bonchev–Trinajstić information content (AvgIpc) is 2.56. The van der Waals surface area contributed by atoms with E-state index in [2.05, 4.69) is 49.8 Å². The molecule has 1 aromatic heterocycles. The number of piperidine rings is 1. The van der Waals surface area contributed by atoms with Crippen molar-refractivity contribution in [3.8, 4) is 0 Å². The molecule has 5 heteroatoms. The molecule has 0 amide bonds. The molecule has 0 aliphatic carbocycles. The van der Waals surface area contributed by atoms with Gasteiger partial charge in [-0.3, -0.25) is 4.90 Å². The summed E-state index contributed by atoms with van der Waals surface area (Å²) >= 11 is 0. The van der Waals surface area contributed by atoms with E-state index in [9.17, 15) is 0 Å². The molecule has 0 spiro atoms. The van der Waals surface area contributed by atoms with E-state index in [0.717, 1.165) is 55.5 Å². The molecular formula is C19H27N5. The van der Waals surface area contributed by atoms with E-state index in [1.54, 1.807) is 0 Å². The molecule has 128 valence electrons. The van der Waals surface area contributed by atoms with Gasteiger partial charge in [-0.15, -0.1) is 0 Å². The Labute approximate surface area is 144 Å². The molecule has 5 nitrogen and oxygen atoms in total. The van der Waals surface area contributed by atoms with E-state index in [1.807, 2.05) is 27.0 Å². The van der Waals surface area contributed by atoms with E-state index in [-0.39, 0.29) is 0 Å². The summed E-state index contributed by atoms with van der Waals surface area (Å²) in [5, 5.41) is 6.67. The normalized spacial score (nSPS) is 16.1. The Bertz CT molecular complexity index is 640. The van der Waals surface area contributed by atoms with Gasteiger partial charge in [0.15, 0.2) is 0 Å². The first kappa shape index (κ1) is 16.7. The van der Waals surface area contributed by atoms with Crippen LogP contribution in [-0.4, -0.2) is 41.0 Å². The topological polar surface area (TPSA) is 53.1 Å². The molecule has 24 heavy (non-hydrogen) atoms. The molecule has 2 N–H and O–H groups in total. The lowest BCUT2D eigenvalue weighted by Crippen LogP contribution is -2.39. The molecule has 0 radical (unpaired) electrons. The lowest BCUT2D eigenvalue weighted by Gasteiger charge is -2.32. The zero-order valence-electron chi connectivity index (χ0n) is 14.8. The maximum atomic E-state index is 4.49. The molecule has 2 heterocycles. The van der Waals surface area contributed by atoms with Crippen LogP contribution in [0, 0.1) is 13.8 Å². The minimum absolute atomic E-state index is 0.467. The van der Waals surface area contributed by atoms with Crippen molar-refractivity contribution >= 4 is 11.6 Å². The van der Waals surface area contributed by atoms with Gasteiger partial charge in [-0.25, -0.2) is 9.97 Å². The van der Waals surface area contributed by atoms with Crippen molar-refractivity contribution in [3.63, 3.8) is 0 Å². The van der Waals surface area contributed by atoms with Crippen LogP contribution in [0.1, 0.15) is 29.8 Å². The second-order valence-corrected chi connectivity index (χ2v) is 6.62. The summed E-state index contributed by atoms with van der Waals surface area (Å²) in [5.74, 6) is 0.772. The van der Waals surface area contributed by atoms with E-state index in [4.69, 9.17) is 0 Å². The number of hydrogen-bond donors (Lipinski definition) is 2. The van der Waals surface area contributed by atoms with Crippen molar-refractivity contribution in [1.29, 1.82) is 0 Å². The number of nitrogens with one attached hydrogen (secondary N) is 2. The fourth-order valence-corrected chi connectivity index (χ4v) is 3.24. The minimum Gasteiger partial charge on any atom is -0.388 e. The van der Waals surface area contributed by atoms with Gasteiger partial charge in [0.05, 0.1) is 0 Å². The first-order valence-corrected chi connectivity index (χ1v) is 8.70. The van der Waals surface area contributed by atoms with Gasteiger partial charge in [-0.1, -0.05) is 12.1 Å². The number of rotatable bonds is 5. The quantitative estimate of drug-likeness (QED) is 0.884. The molecular weight excluding hydrogens is 298 g/mol. The number of nitrogens with zero attached hydrogens (tertiary/aromatic N) is 3. The first-order valence-electron chi connectivity index (χ1n) is 8.70. The van der Waals surface area contributed by atoms with Crippen molar-refractivity contribution in [1.82, 2.24) is 14.9 Å². The Morgan fingerprint density at radius 1 is 1.04 bits per heavy atom. The van der Waals surface area contributed by atoms with Crippen LogP contribution in [0.5, 0.6) is 0 Å². The molecule has 0 bridgehead atoms. The summed E-state index contributed by atoms with van der Waals surface area (Å²) in [7, 11) is 1.95. The largest absolute Gasteiger partial charge is 0.388 e. The lowest BCUT2D eigenvalue weighted by molar-refractivity contribution is 0.211. The number of likely N-dealkylation sites (tertiary alicyclic amines) is 1. The standard InChI is InChI=1S/C19H27N5/c1-14-12-15(2)22-19(21-14)23-18-8-10-24(11-9-18)13-16-4-6-17(20-3)7-5-16/h4-7,12,18,20H,8-11,13H2,1-3H3,(H,21,22,23). The number of benzene rings is 1. The molecule has 3 rings (SSSR count). The predicted octanol–water partition coefficient (Wildman–Crippen LogP) is 3.21. The second-order valence-electron chi connectivity index (χ2n) is 6.62. The molecule has 0 saturated carbocycles. The van der Waals surface area contributed by atoms with Crippen LogP contribution >= 0.6 is 0 Å². The molecule has 0 unspecified atom stereocenters. The van der Waals surface area contributed by atoms with E-state index in [1.165, 1.54) is 5.56 Å². The highest BCUT2D eigenvalue weighted by atomic mass is 15.2. The number of anilines is 2. The van der Waals surface area contributed by atoms with Crippen LogP contribution in [0.25, 0.3) is 0 Å². The summed E-state index contributed by atoms with van der Waals surface area (Å²) in [6.07, 6.45) is 2.26. The second kappa shape index (κ2) is 7.62. The molecule has 1 fully saturated rings. The molecule has 1 aromatic carbocycles. The summed E-state index contributed by atoms with van der Waals surface area (Å²) in [4.78, 5) is 11.5. The molecule has 0 atom stereocenters. The minimum atomic E-state index is 0.467. The number of aryl methyl sites for hydroxylation is 2. The third kappa shape index (κ3) is 4.45. The highest BCUT2D eigenvalue weighted by molar-refractivity contribution is 5.43. The number of hydrogen-bond acceptors (Lipinski definition) is 5. The Kier molecular flexibility index (Phi) is 5.30. The van der Waals surface area contributed by atoms with Crippen molar-refractivity contribution in [2.24, 2.45) is 0 Å². The Hall–Kier alpha value is -2.14. The predicted molar refractivity (Wildman–Crippen MR) is 99.4 cm³/mol. The van der Waals surface area contributed by atoms with Crippen LogP contribution in [0.4, 0.5) is 11.6 Å². The summed E-state index contributed by atoms with van der Waals surface area (Å²) in [6, 6.07) is 11.2. The van der Waals surface area contributed by atoms with Crippen molar-refractivity contribution in [2.75, 3.05) is 30.8 Å². The van der Waals surface area contributed by atoms with Crippen LogP contribution in [-0.2, 0) is 6.54 Å². The van der Waals surface area contributed by atoms with Gasteiger partial charge < -0.3 is 10.6 Å². The van der Waals surface area contributed by atoms with Gasteiger partial charge in [0.1, 0.15) is 0 Å². The highest BCUT2D eigenvalue weighted by Gasteiger charge is 2.20. The maximum Gasteiger partial charge on any atom is 0.223 e. The molecule has 2 aromatic rings. The van der Waals surface area contributed by atoms with Crippen molar-refractivity contribution in [2.45, 2.75) is 39.3 Å². The van der Waals surface area contributed by atoms with Crippen LogP contribution in [0.2, 0.25) is 0 Å². The van der Waals surface area contributed by atoms with E-state index >= 15 is 0 Å².